The van der Waals surface area contributed by atoms with Gasteiger partial charge in [-0.15, -0.1) is 5.73 Å². The molecule has 3 aromatic carbocycles. The normalized spacial score (nSPS) is 15.3. The Morgan fingerprint density at radius 2 is 1.49 bits per heavy atom. The third kappa shape index (κ3) is 3.07. The van der Waals surface area contributed by atoms with Gasteiger partial charge in [0.05, 0.1) is 11.1 Å². The topological polar surface area (TPSA) is 57.0 Å². The van der Waals surface area contributed by atoms with Crippen molar-refractivity contribution < 1.29 is 0 Å². The number of hydrogen-bond acceptors (Lipinski definition) is 2. The van der Waals surface area contributed by atoms with Crippen LogP contribution in [-0.4, -0.2) is 4.57 Å². The second-order valence-corrected chi connectivity index (χ2v) is 8.71. The summed E-state index contributed by atoms with van der Waals surface area (Å²) < 4.78 is 2.32. The highest BCUT2D eigenvalue weighted by atomic mass is 15.0. The van der Waals surface area contributed by atoms with Gasteiger partial charge in [0.25, 0.3) is 0 Å². The van der Waals surface area contributed by atoms with Crippen molar-refractivity contribution >= 4 is 28.6 Å². The van der Waals surface area contributed by atoms with Gasteiger partial charge in [-0.2, -0.15) is 0 Å². The first-order chi connectivity index (χ1) is 17.3. The summed E-state index contributed by atoms with van der Waals surface area (Å²) in [5.74, 6) is 8.00. The zero-order valence-corrected chi connectivity index (χ0v) is 20.5. The lowest BCUT2D eigenvalue weighted by atomic mass is 9.67. The van der Waals surface area contributed by atoms with E-state index in [1.165, 1.54) is 55.6 Å². The van der Waals surface area contributed by atoms with E-state index < -0.39 is 0 Å². The van der Waals surface area contributed by atoms with Crippen molar-refractivity contribution in [2.75, 3.05) is 0 Å². The molecule has 35 heavy (non-hydrogen) atoms. The standard InChI is InChI=1S/C30H21N.C2H6.H4N2/c1-31-28-17-9-15-23(28)25-18-24-22-14-8-16-26(22)30(27(24)19-29(25)31,20-10-4-2-5-11-20)21-12-6-3-7-13-21;2*1-2/h2-8,10-13,15-19H,14H2,1H3;1-2H3;1-2H2. The van der Waals surface area contributed by atoms with Gasteiger partial charge in [0.15, 0.2) is 0 Å². The molecule has 0 amide bonds. The largest absolute Gasteiger partial charge is 0.343 e. The van der Waals surface area contributed by atoms with Crippen molar-refractivity contribution in [1.82, 2.24) is 4.57 Å². The number of allylic oxidation sites excluding steroid dienone is 4. The molecule has 4 aromatic rings. The smallest absolute Gasteiger partial charge is 0.0711 e. The van der Waals surface area contributed by atoms with Crippen LogP contribution in [0.5, 0.6) is 0 Å². The van der Waals surface area contributed by atoms with E-state index >= 15 is 0 Å². The number of fused-ring (bicyclic) bond motifs is 5. The van der Waals surface area contributed by atoms with Gasteiger partial charge in [-0.1, -0.05) is 86.7 Å². The van der Waals surface area contributed by atoms with E-state index in [-0.39, 0.29) is 5.41 Å². The van der Waals surface area contributed by atoms with E-state index in [1.54, 1.807) is 0 Å². The average molecular weight is 458 g/mol. The number of rotatable bonds is 2. The Morgan fingerprint density at radius 1 is 0.857 bits per heavy atom. The lowest BCUT2D eigenvalue weighted by Gasteiger charge is -2.34. The molecular weight excluding hydrogens is 426 g/mol. The summed E-state index contributed by atoms with van der Waals surface area (Å²) in [5.41, 5.74) is 15.2. The SMILES string of the molecule is CC.Cn1c2c(c3cc4c(cc31)C(c1ccccc1)(c1ccccc1)C1=C4CC=C1)C=C=C2.NN. The molecular formula is C32H31N3. The van der Waals surface area contributed by atoms with Crippen molar-refractivity contribution in [1.29, 1.82) is 0 Å². The molecule has 1 heterocycles. The maximum atomic E-state index is 4.00. The molecule has 0 atom stereocenters. The summed E-state index contributed by atoms with van der Waals surface area (Å²) in [7, 11) is 2.17. The molecule has 174 valence electrons. The first-order valence-corrected chi connectivity index (χ1v) is 12.2. The first-order valence-electron chi connectivity index (χ1n) is 12.2. The summed E-state index contributed by atoms with van der Waals surface area (Å²) in [6.45, 7) is 4.00. The van der Waals surface area contributed by atoms with Gasteiger partial charge in [-0.25, -0.2) is 0 Å². The van der Waals surface area contributed by atoms with Crippen LogP contribution < -0.4 is 11.7 Å². The maximum absolute atomic E-state index is 4.00. The highest BCUT2D eigenvalue weighted by Gasteiger charge is 2.48. The molecule has 0 spiro atoms. The molecule has 3 heteroatoms. The maximum Gasteiger partial charge on any atom is 0.0711 e. The van der Waals surface area contributed by atoms with Gasteiger partial charge >= 0.3 is 0 Å². The zero-order valence-electron chi connectivity index (χ0n) is 20.5. The van der Waals surface area contributed by atoms with Gasteiger partial charge in [-0.05, 0) is 58.0 Å². The van der Waals surface area contributed by atoms with Gasteiger partial charge in [0.2, 0.25) is 0 Å². The number of hydrogen-bond donors (Lipinski definition) is 2. The summed E-state index contributed by atoms with van der Waals surface area (Å²) in [6, 6.07) is 27.0. The predicted molar refractivity (Wildman–Crippen MR) is 149 cm³/mol. The van der Waals surface area contributed by atoms with Crippen molar-refractivity contribution in [3.05, 3.63) is 130 Å². The Labute approximate surface area is 207 Å². The highest BCUT2D eigenvalue weighted by Crippen LogP contribution is 2.58. The summed E-state index contributed by atoms with van der Waals surface area (Å²) in [4.78, 5) is 0. The lowest BCUT2D eigenvalue weighted by Crippen LogP contribution is -2.29. The molecule has 3 nitrogen and oxygen atoms in total. The molecule has 0 aliphatic heterocycles. The number of aromatic nitrogens is 1. The van der Waals surface area contributed by atoms with Crippen molar-refractivity contribution in [2.45, 2.75) is 25.7 Å². The molecule has 0 bridgehead atoms. The highest BCUT2D eigenvalue weighted by molar-refractivity contribution is 6.02. The van der Waals surface area contributed by atoms with E-state index in [4.69, 9.17) is 0 Å². The Kier molecular flexibility index (Phi) is 5.92. The second-order valence-electron chi connectivity index (χ2n) is 8.71. The van der Waals surface area contributed by atoms with Gasteiger partial charge in [0, 0.05) is 29.6 Å². The van der Waals surface area contributed by atoms with E-state index in [0.717, 1.165) is 6.42 Å². The minimum atomic E-state index is -0.283. The number of nitrogens with two attached hydrogens (primary N) is 2. The van der Waals surface area contributed by atoms with Gasteiger partial charge < -0.3 is 4.57 Å². The van der Waals surface area contributed by atoms with Crippen LogP contribution in [0.25, 0.3) is 28.6 Å². The van der Waals surface area contributed by atoms with Crippen molar-refractivity contribution in [3.8, 4) is 0 Å². The van der Waals surface area contributed by atoms with Crippen LogP contribution in [-0.2, 0) is 12.5 Å². The van der Waals surface area contributed by atoms with Crippen molar-refractivity contribution in [2.24, 2.45) is 18.7 Å². The van der Waals surface area contributed by atoms with Crippen LogP contribution in [0.1, 0.15) is 53.8 Å². The quantitative estimate of drug-likeness (QED) is 0.176. The van der Waals surface area contributed by atoms with Crippen LogP contribution in [0, 0.1) is 0 Å². The van der Waals surface area contributed by atoms with E-state index in [9.17, 15) is 0 Å². The Bertz CT molecular complexity index is 1490. The average Bonchev–Trinajstić information content (AvgIpc) is 3.70. The van der Waals surface area contributed by atoms with Crippen molar-refractivity contribution in [3.63, 3.8) is 0 Å². The van der Waals surface area contributed by atoms with Gasteiger partial charge in [-0.3, -0.25) is 11.7 Å². The van der Waals surface area contributed by atoms with Crippen LogP contribution >= 0.6 is 0 Å². The molecule has 4 N–H and O–H groups in total. The number of aryl methyl sites for hydroxylation is 1. The van der Waals surface area contributed by atoms with Crippen LogP contribution in [0.3, 0.4) is 0 Å². The van der Waals surface area contributed by atoms with Crippen LogP contribution in [0.2, 0.25) is 0 Å². The third-order valence-electron chi connectivity index (χ3n) is 7.35. The molecule has 1 aromatic heterocycles. The lowest BCUT2D eigenvalue weighted by molar-refractivity contribution is 0.762. The second kappa shape index (κ2) is 9.05. The Hall–Kier alpha value is -3.88. The fourth-order valence-electron chi connectivity index (χ4n) is 6.04. The Balaban J connectivity index is 0.000000605. The van der Waals surface area contributed by atoms with E-state index in [2.05, 4.69) is 126 Å². The fraction of sp³-hybridized carbons (Fsp3) is 0.156. The number of nitrogens with zero attached hydrogens (tertiary/aromatic N) is 1. The molecule has 0 radical (unpaired) electrons. The van der Waals surface area contributed by atoms with E-state index in [1.807, 2.05) is 13.8 Å². The molecule has 7 rings (SSSR count). The molecule has 0 unspecified atom stereocenters. The summed E-state index contributed by atoms with van der Waals surface area (Å²) >= 11 is 0. The minimum absolute atomic E-state index is 0.283. The molecule has 3 aliphatic rings. The van der Waals surface area contributed by atoms with Crippen LogP contribution in [0.15, 0.2) is 96.3 Å². The van der Waals surface area contributed by atoms with Crippen LogP contribution in [0.4, 0.5) is 0 Å². The number of hydrazine groups is 1. The first kappa shape index (κ1) is 22.9. The molecule has 3 aliphatic carbocycles. The molecule has 0 saturated carbocycles. The minimum Gasteiger partial charge on any atom is -0.343 e. The summed E-state index contributed by atoms with van der Waals surface area (Å²) in [5, 5.41) is 1.33. The fourth-order valence-corrected chi connectivity index (χ4v) is 6.04. The van der Waals surface area contributed by atoms with Gasteiger partial charge in [0.1, 0.15) is 0 Å². The predicted octanol–water partition coefficient (Wildman–Crippen LogP) is 6.72. The zero-order chi connectivity index (χ0) is 24.6. The van der Waals surface area contributed by atoms with E-state index in [0.29, 0.717) is 0 Å². The molecule has 0 saturated heterocycles. The Morgan fingerprint density at radius 3 is 2.11 bits per heavy atom. The monoisotopic (exact) mass is 457 g/mol. The summed E-state index contributed by atoms with van der Waals surface area (Å²) in [6.07, 6.45) is 9.92. The third-order valence-corrected chi connectivity index (χ3v) is 7.35. The number of benzene rings is 3. The molecule has 0 fully saturated rings.